The molecule has 0 aromatic heterocycles. The molecule has 0 saturated heterocycles. The zero-order valence-electron chi connectivity index (χ0n) is 19.4. The molecule has 26 heavy (non-hydrogen) atoms. The molecule has 0 amide bonds. The summed E-state index contributed by atoms with van der Waals surface area (Å²) in [5.74, 6) is 0.715. The number of allylic oxidation sites excluding steroid dienone is 1. The van der Waals surface area contributed by atoms with Gasteiger partial charge in [0.2, 0.25) is 0 Å². The van der Waals surface area contributed by atoms with Gasteiger partial charge < -0.3 is 0 Å². The lowest BCUT2D eigenvalue weighted by Gasteiger charge is -2.50. The second kappa shape index (κ2) is 10.1. The van der Waals surface area contributed by atoms with Gasteiger partial charge in [-0.1, -0.05) is 97.2 Å². The molecule has 156 valence electrons. The molecule has 0 aliphatic rings. The Kier molecular flexibility index (Phi) is 10.4. The molecule has 0 aromatic carbocycles. The van der Waals surface area contributed by atoms with Crippen LogP contribution in [0.4, 0.5) is 0 Å². The number of halogens is 1. The van der Waals surface area contributed by atoms with Crippen LogP contribution < -0.4 is 0 Å². The Balaban J connectivity index is 5.10. The molecule has 0 aliphatic heterocycles. The van der Waals surface area contributed by atoms with E-state index >= 15 is 0 Å². The average Bonchev–Trinajstić information content (AvgIpc) is 2.33. The number of hydrogen-bond acceptors (Lipinski definition) is 1. The van der Waals surface area contributed by atoms with Gasteiger partial charge in [0, 0.05) is 29.4 Å². The predicted octanol–water partition coefficient (Wildman–Crippen LogP) is 8.70. The minimum absolute atomic E-state index is 0.244. The molecule has 0 rings (SSSR count). The fourth-order valence-electron chi connectivity index (χ4n) is 3.87. The zero-order valence-corrected chi connectivity index (χ0v) is 22.7. The van der Waals surface area contributed by atoms with Crippen LogP contribution in [0.25, 0.3) is 0 Å². The van der Waals surface area contributed by atoms with Gasteiger partial charge >= 0.3 is 0 Å². The van der Waals surface area contributed by atoms with E-state index in [2.05, 4.69) is 111 Å². The molecule has 2 atom stereocenters. The van der Waals surface area contributed by atoms with E-state index in [9.17, 15) is 0 Å². The lowest BCUT2D eigenvalue weighted by Crippen LogP contribution is -2.41. The van der Waals surface area contributed by atoms with Crippen LogP contribution in [0.1, 0.15) is 101 Å². The molecule has 0 heterocycles. The van der Waals surface area contributed by atoms with Crippen molar-refractivity contribution in [3.63, 3.8) is 0 Å². The first-order chi connectivity index (χ1) is 11.4. The fourth-order valence-corrected chi connectivity index (χ4v) is 4.72. The maximum Gasteiger partial charge on any atom is 0.0239 e. The van der Waals surface area contributed by atoms with Crippen LogP contribution in [0.5, 0.6) is 0 Å². The van der Waals surface area contributed by atoms with Gasteiger partial charge in [0.1, 0.15) is 0 Å². The van der Waals surface area contributed by atoms with Crippen molar-refractivity contribution in [2.45, 2.75) is 101 Å². The normalized spacial score (nSPS) is 15.4. The van der Waals surface area contributed by atoms with Gasteiger partial charge in [0.05, 0.1) is 0 Å². The van der Waals surface area contributed by atoms with Gasteiger partial charge in [0.15, 0.2) is 0 Å². The van der Waals surface area contributed by atoms with Crippen molar-refractivity contribution in [3.05, 3.63) is 12.2 Å². The molecule has 0 N–H and O–H groups in total. The van der Waals surface area contributed by atoms with Crippen LogP contribution in [0, 0.1) is 27.6 Å². The van der Waals surface area contributed by atoms with E-state index in [-0.39, 0.29) is 10.8 Å². The molecule has 3 heteroatoms. The van der Waals surface area contributed by atoms with Crippen molar-refractivity contribution in [2.24, 2.45) is 27.6 Å². The van der Waals surface area contributed by atoms with Crippen molar-refractivity contribution in [1.29, 1.82) is 0 Å². The largest absolute Gasteiger partial charge is 0.231 e. The smallest absolute Gasteiger partial charge is 0.0239 e. The van der Waals surface area contributed by atoms with Gasteiger partial charge in [-0.25, -0.2) is 2.88 Å². The first-order valence-corrected chi connectivity index (χ1v) is 11.8. The van der Waals surface area contributed by atoms with Crippen LogP contribution in [0.15, 0.2) is 12.2 Å². The molecule has 0 aliphatic carbocycles. The summed E-state index contributed by atoms with van der Waals surface area (Å²) in [6.45, 7) is 29.7. The fraction of sp³-hybridized carbons (Fsp3) is 0.913. The summed E-state index contributed by atoms with van der Waals surface area (Å²) < 4.78 is 2.21. The second-order valence-electron chi connectivity index (χ2n) is 11.4. The average molecular weight is 496 g/mol. The number of nitrogens with zero attached hydrogens (tertiary/aromatic N) is 1. The summed E-state index contributed by atoms with van der Waals surface area (Å²) in [5.41, 5.74) is 2.56. The molecular formula is C23H47INP. The molecular weight excluding hydrogens is 448 g/mol. The lowest BCUT2D eigenvalue weighted by molar-refractivity contribution is 0.00196. The van der Waals surface area contributed by atoms with E-state index in [1.165, 1.54) is 24.8 Å². The van der Waals surface area contributed by atoms with E-state index in [0.717, 1.165) is 19.4 Å². The van der Waals surface area contributed by atoms with Crippen LogP contribution in [-0.2, 0) is 0 Å². The Morgan fingerprint density at radius 1 is 0.962 bits per heavy atom. The van der Waals surface area contributed by atoms with Crippen LogP contribution in [-0.4, -0.2) is 9.43 Å². The summed E-state index contributed by atoms with van der Waals surface area (Å²) >= 11 is 2.37. The van der Waals surface area contributed by atoms with Crippen LogP contribution in [0.3, 0.4) is 0 Å². The quantitative estimate of drug-likeness (QED) is 0.120. The number of rotatable bonds is 11. The highest BCUT2D eigenvalue weighted by molar-refractivity contribution is 14.1. The highest BCUT2D eigenvalue weighted by Gasteiger charge is 2.44. The first-order valence-electron chi connectivity index (χ1n) is 10.3. The topological polar surface area (TPSA) is 3.24 Å². The Morgan fingerprint density at radius 2 is 1.46 bits per heavy atom. The highest BCUT2D eigenvalue weighted by atomic mass is 127. The zero-order chi connectivity index (χ0) is 21.0. The summed E-state index contributed by atoms with van der Waals surface area (Å²) in [6, 6.07) is 0. The monoisotopic (exact) mass is 495 g/mol. The molecule has 2 unspecified atom stereocenters. The molecule has 1 nitrogen and oxygen atoms in total. The summed E-state index contributed by atoms with van der Waals surface area (Å²) in [6.07, 6.45) is 6.05. The third-order valence-electron chi connectivity index (χ3n) is 7.15. The minimum Gasteiger partial charge on any atom is -0.231 e. The van der Waals surface area contributed by atoms with Gasteiger partial charge in [0.25, 0.3) is 0 Å². The molecule has 0 radical (unpaired) electrons. The second-order valence-corrected chi connectivity index (χ2v) is 14.4. The summed E-state index contributed by atoms with van der Waals surface area (Å²) in [4.78, 5) is 0. The maximum atomic E-state index is 4.50. The third kappa shape index (κ3) is 8.48. The van der Waals surface area contributed by atoms with Gasteiger partial charge in [-0.05, 0) is 53.3 Å². The molecule has 0 saturated carbocycles. The van der Waals surface area contributed by atoms with Crippen LogP contribution in [0.2, 0.25) is 0 Å². The van der Waals surface area contributed by atoms with Gasteiger partial charge in [-0.15, -0.1) is 0 Å². The number of hydrogen-bond donors (Lipinski definition) is 0. The maximum absolute atomic E-state index is 4.50. The molecule has 0 spiro atoms. The molecule has 0 aromatic rings. The van der Waals surface area contributed by atoms with Crippen molar-refractivity contribution in [3.8, 4) is 0 Å². The van der Waals surface area contributed by atoms with Crippen LogP contribution >= 0.6 is 32.3 Å². The first kappa shape index (κ1) is 26.9. The van der Waals surface area contributed by atoms with Crippen molar-refractivity contribution >= 4 is 32.3 Å². The van der Waals surface area contributed by atoms with E-state index in [1.54, 1.807) is 0 Å². The Labute approximate surface area is 182 Å². The Bertz CT molecular complexity index is 444. The minimum atomic E-state index is 0.244. The van der Waals surface area contributed by atoms with Crippen molar-refractivity contribution in [2.75, 3.05) is 6.54 Å². The Hall–Kier alpha value is 0.860. The predicted molar refractivity (Wildman–Crippen MR) is 133 cm³/mol. The standard InChI is InChI=1S/C23H47INP/c1-12-13-19(16-25(24)26)14-18(2)15-21(6,7)23(10,11)17-22(8,9)20(3,4)5/h19H,2,12-17,26H2,1,3-11H3. The van der Waals surface area contributed by atoms with Crippen molar-refractivity contribution in [1.82, 2.24) is 2.88 Å². The van der Waals surface area contributed by atoms with E-state index in [4.69, 9.17) is 0 Å². The molecule has 0 bridgehead atoms. The highest BCUT2D eigenvalue weighted by Crippen LogP contribution is 2.54. The lowest BCUT2D eigenvalue weighted by atomic mass is 9.55. The van der Waals surface area contributed by atoms with Gasteiger partial charge in [-0.2, -0.15) is 0 Å². The van der Waals surface area contributed by atoms with Gasteiger partial charge in [-0.3, -0.25) is 0 Å². The molecule has 0 fully saturated rings. The van der Waals surface area contributed by atoms with E-state index < -0.39 is 0 Å². The third-order valence-corrected chi connectivity index (χ3v) is 7.75. The Morgan fingerprint density at radius 3 is 1.85 bits per heavy atom. The SMILES string of the molecule is C=C(CC(CCC)CN(P)I)CC(C)(C)C(C)(C)CC(C)(C)C(C)(C)C. The van der Waals surface area contributed by atoms with E-state index in [1.807, 2.05) is 0 Å². The van der Waals surface area contributed by atoms with E-state index in [0.29, 0.717) is 16.7 Å². The summed E-state index contributed by atoms with van der Waals surface area (Å²) in [5, 5.41) is 0. The summed E-state index contributed by atoms with van der Waals surface area (Å²) in [7, 11) is 2.79. The van der Waals surface area contributed by atoms with Crippen molar-refractivity contribution < 1.29 is 0 Å².